The summed E-state index contributed by atoms with van der Waals surface area (Å²) in [5.41, 5.74) is 0.539. The summed E-state index contributed by atoms with van der Waals surface area (Å²) in [5, 5.41) is 16.6. The summed E-state index contributed by atoms with van der Waals surface area (Å²) in [7, 11) is 0. The predicted molar refractivity (Wildman–Crippen MR) is 54.8 cm³/mol. The number of hydrogen-bond donors (Lipinski definition) is 1. The smallest absolute Gasteiger partial charge is 0.183 e. The van der Waals surface area contributed by atoms with Gasteiger partial charge in [-0.05, 0) is 19.1 Å². The average molecular weight is 205 g/mol. The fourth-order valence-corrected chi connectivity index (χ4v) is 0.916. The fourth-order valence-electron chi connectivity index (χ4n) is 0.916. The Hall–Kier alpha value is -2.04. The molecule has 1 aromatic heterocycles. The minimum absolute atomic E-state index is 0.0354. The van der Waals surface area contributed by atoms with Gasteiger partial charge in [0.25, 0.3) is 0 Å². The van der Waals surface area contributed by atoms with Gasteiger partial charge in [-0.25, -0.2) is 0 Å². The van der Waals surface area contributed by atoms with E-state index in [2.05, 4.69) is 15.2 Å². The first kappa shape index (κ1) is 11.0. The van der Waals surface area contributed by atoms with Crippen LogP contribution in [0.4, 0.5) is 5.69 Å². The summed E-state index contributed by atoms with van der Waals surface area (Å²) >= 11 is 0. The highest BCUT2D eigenvalue weighted by Gasteiger charge is 2.06. The Kier molecular flexibility index (Phi) is 3.68. The molecular weight excluding hydrogens is 194 g/mol. The zero-order valence-corrected chi connectivity index (χ0v) is 8.51. The number of nitrogens with zero attached hydrogens (tertiary/aromatic N) is 3. The van der Waals surface area contributed by atoms with Crippen LogP contribution in [0.3, 0.4) is 0 Å². The Morgan fingerprint density at radius 3 is 2.40 bits per heavy atom. The molecular formula is C10H11N3O2. The molecule has 0 amide bonds. The second-order valence-electron chi connectivity index (χ2n) is 2.90. The maximum Gasteiger partial charge on any atom is 0.183 e. The van der Waals surface area contributed by atoms with E-state index in [4.69, 9.17) is 5.11 Å². The van der Waals surface area contributed by atoms with Crippen LogP contribution in [0.15, 0.2) is 46.2 Å². The van der Waals surface area contributed by atoms with E-state index in [1.807, 2.05) is 0 Å². The number of aliphatic hydroxyl groups excluding tert-OH is 1. The molecule has 0 aromatic carbocycles. The number of hydrogen-bond acceptors (Lipinski definition) is 5. The Morgan fingerprint density at radius 1 is 1.33 bits per heavy atom. The van der Waals surface area contributed by atoms with Crippen molar-refractivity contribution in [3.8, 4) is 0 Å². The molecule has 0 bridgehead atoms. The molecule has 0 aliphatic carbocycles. The lowest BCUT2D eigenvalue weighted by molar-refractivity contribution is -0.113. The van der Waals surface area contributed by atoms with Crippen molar-refractivity contribution in [2.24, 2.45) is 10.2 Å². The lowest BCUT2D eigenvalue weighted by Gasteiger charge is -1.96. The number of allylic oxidation sites excluding steroid dienone is 2. The average Bonchev–Trinajstić information content (AvgIpc) is 2.18. The fraction of sp³-hybridized carbons (Fsp3) is 0.200. The van der Waals surface area contributed by atoms with Gasteiger partial charge >= 0.3 is 0 Å². The third-order valence-corrected chi connectivity index (χ3v) is 1.60. The molecule has 0 spiro atoms. The minimum Gasteiger partial charge on any atom is -0.510 e. The van der Waals surface area contributed by atoms with Crippen molar-refractivity contribution in [2.45, 2.75) is 13.8 Å². The number of aliphatic hydroxyl groups is 1. The highest BCUT2D eigenvalue weighted by Crippen LogP contribution is 2.13. The first-order valence-electron chi connectivity index (χ1n) is 4.34. The van der Waals surface area contributed by atoms with Crippen molar-refractivity contribution in [1.82, 2.24) is 4.98 Å². The first-order chi connectivity index (χ1) is 7.11. The largest absolute Gasteiger partial charge is 0.510 e. The van der Waals surface area contributed by atoms with Crippen molar-refractivity contribution in [1.29, 1.82) is 0 Å². The first-order valence-corrected chi connectivity index (χ1v) is 4.34. The van der Waals surface area contributed by atoms with Crippen LogP contribution in [0.5, 0.6) is 0 Å². The molecule has 1 rings (SSSR count). The molecule has 0 fully saturated rings. The zero-order chi connectivity index (χ0) is 11.3. The number of aromatic nitrogens is 1. The molecule has 0 saturated carbocycles. The Balaban J connectivity index is 2.90. The van der Waals surface area contributed by atoms with Gasteiger partial charge in [-0.2, -0.15) is 5.11 Å². The molecule has 78 valence electrons. The van der Waals surface area contributed by atoms with E-state index in [9.17, 15) is 4.79 Å². The maximum absolute atomic E-state index is 11.0. The van der Waals surface area contributed by atoms with E-state index in [1.165, 1.54) is 13.8 Å². The topological polar surface area (TPSA) is 74.9 Å². The Morgan fingerprint density at radius 2 is 1.93 bits per heavy atom. The van der Waals surface area contributed by atoms with Gasteiger partial charge in [-0.1, -0.05) is 0 Å². The SMILES string of the molecule is CC(=O)/C(N=Nc1ccncc1)=C(\C)O. The Labute approximate surface area is 87.2 Å². The van der Waals surface area contributed by atoms with Gasteiger partial charge in [0.2, 0.25) is 0 Å². The summed E-state index contributed by atoms with van der Waals surface area (Å²) < 4.78 is 0. The van der Waals surface area contributed by atoms with E-state index in [0.29, 0.717) is 5.69 Å². The third-order valence-electron chi connectivity index (χ3n) is 1.60. The number of Topliss-reactive ketones (excluding diaryl/α,β-unsaturated/α-hetero) is 1. The molecule has 0 unspecified atom stereocenters. The lowest BCUT2D eigenvalue weighted by atomic mass is 10.3. The predicted octanol–water partition coefficient (Wildman–Crippen LogP) is 2.54. The van der Waals surface area contributed by atoms with Gasteiger partial charge in [0.1, 0.15) is 5.76 Å². The summed E-state index contributed by atoms with van der Waals surface area (Å²) in [6.07, 6.45) is 3.13. The van der Waals surface area contributed by atoms with Crippen LogP contribution in [-0.4, -0.2) is 15.9 Å². The van der Waals surface area contributed by atoms with Crippen LogP contribution in [0, 0.1) is 0 Å². The van der Waals surface area contributed by atoms with E-state index in [1.54, 1.807) is 24.5 Å². The van der Waals surface area contributed by atoms with Gasteiger partial charge in [0.15, 0.2) is 11.5 Å². The maximum atomic E-state index is 11.0. The third kappa shape index (κ3) is 3.30. The molecule has 0 aliphatic rings. The van der Waals surface area contributed by atoms with E-state index >= 15 is 0 Å². The number of pyridine rings is 1. The van der Waals surface area contributed by atoms with Crippen molar-refractivity contribution in [3.63, 3.8) is 0 Å². The van der Waals surface area contributed by atoms with Crippen molar-refractivity contribution < 1.29 is 9.90 Å². The zero-order valence-electron chi connectivity index (χ0n) is 8.51. The standard InChI is InChI=1S/C10H11N3O2/c1-7(14)10(8(2)15)13-12-9-3-5-11-6-4-9/h3-6,14H,1-2H3/b10-7-,13-12?. The van der Waals surface area contributed by atoms with Crippen LogP contribution < -0.4 is 0 Å². The minimum atomic E-state index is -0.326. The highest BCUT2D eigenvalue weighted by molar-refractivity contribution is 5.93. The van der Waals surface area contributed by atoms with E-state index in [-0.39, 0.29) is 17.2 Å². The van der Waals surface area contributed by atoms with E-state index < -0.39 is 0 Å². The van der Waals surface area contributed by atoms with Gasteiger partial charge in [-0.3, -0.25) is 9.78 Å². The summed E-state index contributed by atoms with van der Waals surface area (Å²) in [6.45, 7) is 2.71. The van der Waals surface area contributed by atoms with Gasteiger partial charge in [0, 0.05) is 19.3 Å². The van der Waals surface area contributed by atoms with Crippen LogP contribution in [0.1, 0.15) is 13.8 Å². The number of carbonyl (C=O) groups excluding carboxylic acids is 1. The monoisotopic (exact) mass is 205 g/mol. The Bertz CT molecular complexity index is 406. The normalized spacial score (nSPS) is 12.7. The van der Waals surface area contributed by atoms with Crippen LogP contribution in [-0.2, 0) is 4.79 Å². The highest BCUT2D eigenvalue weighted by atomic mass is 16.3. The van der Waals surface area contributed by atoms with Crippen LogP contribution in [0.2, 0.25) is 0 Å². The summed E-state index contributed by atoms with van der Waals surface area (Å²) in [6, 6.07) is 3.29. The quantitative estimate of drug-likeness (QED) is 0.468. The second kappa shape index (κ2) is 4.99. The van der Waals surface area contributed by atoms with Crippen molar-refractivity contribution in [2.75, 3.05) is 0 Å². The molecule has 1 N–H and O–H groups in total. The summed E-state index contributed by atoms with van der Waals surface area (Å²) in [4.78, 5) is 14.8. The van der Waals surface area contributed by atoms with Crippen LogP contribution >= 0.6 is 0 Å². The van der Waals surface area contributed by atoms with E-state index in [0.717, 1.165) is 0 Å². The molecule has 1 heterocycles. The number of rotatable bonds is 3. The number of ketones is 1. The van der Waals surface area contributed by atoms with Crippen molar-refractivity contribution >= 4 is 11.5 Å². The molecule has 15 heavy (non-hydrogen) atoms. The van der Waals surface area contributed by atoms with Gasteiger partial charge in [-0.15, -0.1) is 5.11 Å². The summed E-state index contributed by atoms with van der Waals surface area (Å²) in [5.74, 6) is -0.465. The molecule has 0 radical (unpaired) electrons. The van der Waals surface area contributed by atoms with Crippen LogP contribution in [0.25, 0.3) is 0 Å². The molecule has 1 aromatic rings. The second-order valence-corrected chi connectivity index (χ2v) is 2.90. The molecule has 5 heteroatoms. The van der Waals surface area contributed by atoms with Crippen molar-refractivity contribution in [3.05, 3.63) is 36.0 Å². The molecule has 0 aliphatic heterocycles. The number of azo groups is 1. The molecule has 0 saturated heterocycles. The lowest BCUT2D eigenvalue weighted by Crippen LogP contribution is -1.96. The molecule has 5 nitrogen and oxygen atoms in total. The van der Waals surface area contributed by atoms with Gasteiger partial charge < -0.3 is 5.11 Å². The van der Waals surface area contributed by atoms with Gasteiger partial charge in [0.05, 0.1) is 5.69 Å². The molecule has 0 atom stereocenters. The number of carbonyl (C=O) groups is 1.